The van der Waals surface area contributed by atoms with E-state index < -0.39 is 0 Å². The highest BCUT2D eigenvalue weighted by atomic mass is 35.5. The fourth-order valence-electron chi connectivity index (χ4n) is 1.34. The van der Waals surface area contributed by atoms with Gasteiger partial charge in [-0.05, 0) is 6.07 Å². The highest BCUT2D eigenvalue weighted by molar-refractivity contribution is 6.40. The molecule has 4 heteroatoms. The normalized spacial score (nSPS) is 11.0. The highest BCUT2D eigenvalue weighted by Crippen LogP contribution is 2.31. The van der Waals surface area contributed by atoms with Crippen LogP contribution in [0.1, 0.15) is 5.69 Å². The van der Waals surface area contributed by atoms with Crippen molar-refractivity contribution in [3.8, 4) is 0 Å². The molecule has 0 radical (unpaired) electrons. The fraction of sp³-hybridized carbons (Fsp3) is 0.111. The summed E-state index contributed by atoms with van der Waals surface area (Å²) in [6.45, 7) is 0.393. The predicted molar refractivity (Wildman–Crippen MR) is 56.2 cm³/mol. The van der Waals surface area contributed by atoms with E-state index in [1.54, 1.807) is 0 Å². The van der Waals surface area contributed by atoms with Crippen LogP contribution in [0.5, 0.6) is 0 Å². The Labute approximate surface area is 85.6 Å². The number of fused-ring (bicyclic) bond motifs is 1. The predicted octanol–water partition coefficient (Wildman–Crippen LogP) is 2.93. The van der Waals surface area contributed by atoms with Crippen molar-refractivity contribution in [1.29, 1.82) is 0 Å². The van der Waals surface area contributed by atoms with Gasteiger partial charge in [-0.25, -0.2) is 0 Å². The average molecular weight is 215 g/mol. The molecule has 1 aromatic carbocycles. The number of para-hydroxylation sites is 1. The molecule has 2 aromatic rings. The Kier molecular flexibility index (Phi) is 2.20. The van der Waals surface area contributed by atoms with Crippen LogP contribution in [0.3, 0.4) is 0 Å². The third-order valence-electron chi connectivity index (χ3n) is 2.00. The van der Waals surface area contributed by atoms with E-state index in [-0.39, 0.29) is 0 Å². The summed E-state index contributed by atoms with van der Waals surface area (Å²) in [7, 11) is 0. The molecule has 0 saturated heterocycles. The van der Waals surface area contributed by atoms with Gasteiger partial charge in [-0.1, -0.05) is 35.3 Å². The van der Waals surface area contributed by atoms with E-state index in [1.165, 1.54) is 0 Å². The number of halogens is 2. The maximum atomic E-state index is 6.06. The lowest BCUT2D eigenvalue weighted by atomic mass is 10.2. The molecule has 68 valence electrons. The summed E-state index contributed by atoms with van der Waals surface area (Å²) in [5.74, 6) is 0. The van der Waals surface area contributed by atoms with Crippen molar-refractivity contribution in [2.24, 2.45) is 5.73 Å². The second-order valence-corrected chi connectivity index (χ2v) is 3.57. The standard InChI is InChI=1S/C9H8Cl2N2/c10-6-3-1-2-5-8(11)7(4-12)13-9(5)6/h1-3,13H,4,12H2. The van der Waals surface area contributed by atoms with Gasteiger partial charge in [0.15, 0.2) is 0 Å². The summed E-state index contributed by atoms with van der Waals surface area (Å²) in [6, 6.07) is 5.60. The molecule has 1 aromatic heterocycles. The second-order valence-electron chi connectivity index (χ2n) is 2.78. The zero-order valence-corrected chi connectivity index (χ0v) is 8.28. The van der Waals surface area contributed by atoms with Crippen molar-refractivity contribution in [1.82, 2.24) is 4.98 Å². The van der Waals surface area contributed by atoms with Crippen molar-refractivity contribution in [3.05, 3.63) is 33.9 Å². The number of aromatic amines is 1. The van der Waals surface area contributed by atoms with Crippen LogP contribution in [0.25, 0.3) is 10.9 Å². The lowest BCUT2D eigenvalue weighted by Crippen LogP contribution is -1.96. The molecule has 0 saturated carbocycles. The van der Waals surface area contributed by atoms with Gasteiger partial charge in [-0.15, -0.1) is 0 Å². The lowest BCUT2D eigenvalue weighted by molar-refractivity contribution is 1.02. The fourth-order valence-corrected chi connectivity index (χ4v) is 1.85. The van der Waals surface area contributed by atoms with Gasteiger partial charge >= 0.3 is 0 Å². The van der Waals surface area contributed by atoms with Crippen molar-refractivity contribution in [2.45, 2.75) is 6.54 Å². The smallest absolute Gasteiger partial charge is 0.0705 e. The molecule has 0 fully saturated rings. The molecule has 0 aliphatic heterocycles. The third-order valence-corrected chi connectivity index (χ3v) is 2.74. The molecule has 1 heterocycles. The van der Waals surface area contributed by atoms with E-state index >= 15 is 0 Å². The Hall–Kier alpha value is -0.700. The quantitative estimate of drug-likeness (QED) is 0.754. The molecule has 0 bridgehead atoms. The summed E-state index contributed by atoms with van der Waals surface area (Å²) < 4.78 is 0. The first-order chi connectivity index (χ1) is 6.24. The first-order valence-corrected chi connectivity index (χ1v) is 4.64. The first-order valence-electron chi connectivity index (χ1n) is 3.88. The van der Waals surface area contributed by atoms with Crippen molar-refractivity contribution in [2.75, 3.05) is 0 Å². The minimum absolute atomic E-state index is 0.393. The number of benzene rings is 1. The number of hydrogen-bond acceptors (Lipinski definition) is 1. The van der Waals surface area contributed by atoms with Crippen LogP contribution in [-0.4, -0.2) is 4.98 Å². The minimum Gasteiger partial charge on any atom is -0.355 e. The molecule has 3 N–H and O–H groups in total. The van der Waals surface area contributed by atoms with E-state index in [1.807, 2.05) is 18.2 Å². The maximum absolute atomic E-state index is 6.06. The van der Waals surface area contributed by atoms with Crippen LogP contribution in [0, 0.1) is 0 Å². The van der Waals surface area contributed by atoms with Gasteiger partial charge in [0.2, 0.25) is 0 Å². The van der Waals surface area contributed by atoms with Crippen molar-refractivity contribution < 1.29 is 0 Å². The molecule has 0 aliphatic carbocycles. The van der Waals surface area contributed by atoms with Gasteiger partial charge in [-0.3, -0.25) is 0 Å². The Morgan fingerprint density at radius 3 is 2.69 bits per heavy atom. The number of hydrogen-bond donors (Lipinski definition) is 2. The summed E-state index contributed by atoms with van der Waals surface area (Å²) in [5.41, 5.74) is 7.19. The third kappa shape index (κ3) is 1.31. The molecular formula is C9H8Cl2N2. The molecular weight excluding hydrogens is 207 g/mol. The minimum atomic E-state index is 0.393. The zero-order chi connectivity index (χ0) is 9.42. The van der Waals surface area contributed by atoms with Crippen LogP contribution in [0.15, 0.2) is 18.2 Å². The molecule has 2 rings (SSSR count). The molecule has 0 atom stereocenters. The number of rotatable bonds is 1. The van der Waals surface area contributed by atoms with Crippen LogP contribution < -0.4 is 5.73 Å². The van der Waals surface area contributed by atoms with Crippen LogP contribution in [-0.2, 0) is 6.54 Å². The topological polar surface area (TPSA) is 41.8 Å². The summed E-state index contributed by atoms with van der Waals surface area (Å²) in [4.78, 5) is 3.09. The molecule has 0 unspecified atom stereocenters. The molecule has 0 aliphatic rings. The van der Waals surface area contributed by atoms with Gasteiger partial charge in [-0.2, -0.15) is 0 Å². The number of aromatic nitrogens is 1. The summed E-state index contributed by atoms with van der Waals surface area (Å²) in [5, 5.41) is 2.26. The van der Waals surface area contributed by atoms with Crippen LogP contribution >= 0.6 is 23.2 Å². The van der Waals surface area contributed by atoms with Gasteiger partial charge in [0, 0.05) is 17.6 Å². The Bertz CT molecular complexity index is 448. The molecule has 0 amide bonds. The highest BCUT2D eigenvalue weighted by Gasteiger charge is 2.09. The molecule has 13 heavy (non-hydrogen) atoms. The zero-order valence-electron chi connectivity index (χ0n) is 6.77. The van der Waals surface area contributed by atoms with Gasteiger partial charge in [0.1, 0.15) is 0 Å². The van der Waals surface area contributed by atoms with E-state index in [0.717, 1.165) is 16.6 Å². The van der Waals surface area contributed by atoms with Crippen LogP contribution in [0.4, 0.5) is 0 Å². The first kappa shape index (κ1) is 8.88. The van der Waals surface area contributed by atoms with Gasteiger partial charge in [0.05, 0.1) is 15.6 Å². The van der Waals surface area contributed by atoms with Crippen molar-refractivity contribution >= 4 is 34.1 Å². The van der Waals surface area contributed by atoms with E-state index in [9.17, 15) is 0 Å². The Morgan fingerprint density at radius 2 is 2.08 bits per heavy atom. The second kappa shape index (κ2) is 3.22. The summed E-state index contributed by atoms with van der Waals surface area (Å²) in [6.07, 6.45) is 0. The summed E-state index contributed by atoms with van der Waals surface area (Å²) >= 11 is 12.0. The number of nitrogens with two attached hydrogens (primary N) is 1. The Balaban J connectivity index is 2.83. The maximum Gasteiger partial charge on any atom is 0.0705 e. The van der Waals surface area contributed by atoms with E-state index in [0.29, 0.717) is 16.6 Å². The molecule has 2 nitrogen and oxygen atoms in total. The molecule has 0 spiro atoms. The monoisotopic (exact) mass is 214 g/mol. The van der Waals surface area contributed by atoms with E-state index in [2.05, 4.69) is 4.98 Å². The van der Waals surface area contributed by atoms with Gasteiger partial charge < -0.3 is 10.7 Å². The number of H-pyrrole nitrogens is 1. The Morgan fingerprint density at radius 1 is 1.31 bits per heavy atom. The van der Waals surface area contributed by atoms with E-state index in [4.69, 9.17) is 28.9 Å². The average Bonchev–Trinajstić information content (AvgIpc) is 2.45. The van der Waals surface area contributed by atoms with Gasteiger partial charge in [0.25, 0.3) is 0 Å². The SMILES string of the molecule is NCc1[nH]c2c(Cl)cccc2c1Cl. The van der Waals surface area contributed by atoms with Crippen LogP contribution in [0.2, 0.25) is 10.0 Å². The lowest BCUT2D eigenvalue weighted by Gasteiger charge is -1.91. The van der Waals surface area contributed by atoms with Crippen molar-refractivity contribution in [3.63, 3.8) is 0 Å². The largest absolute Gasteiger partial charge is 0.355 e. The number of nitrogens with one attached hydrogen (secondary N) is 1.